The number of nitrogens with zero attached hydrogens (tertiary/aromatic N) is 3. The molecule has 1 aromatic carbocycles. The van der Waals surface area contributed by atoms with Gasteiger partial charge in [-0.2, -0.15) is 5.26 Å². The summed E-state index contributed by atoms with van der Waals surface area (Å²) in [5.74, 6) is 0.00800. The van der Waals surface area contributed by atoms with Gasteiger partial charge in [0.25, 0.3) is 0 Å². The van der Waals surface area contributed by atoms with Crippen molar-refractivity contribution in [2.45, 2.75) is 26.2 Å². The minimum atomic E-state index is -0.122. The van der Waals surface area contributed by atoms with E-state index in [9.17, 15) is 9.90 Å². The molecule has 1 aromatic rings. The van der Waals surface area contributed by atoms with E-state index >= 15 is 0 Å². The van der Waals surface area contributed by atoms with E-state index in [4.69, 9.17) is 5.26 Å². The highest BCUT2D eigenvalue weighted by Gasteiger charge is 2.31. The number of hydrogen-bond acceptors (Lipinski definition) is 4. The lowest BCUT2D eigenvalue weighted by Crippen LogP contribution is -2.48. The number of rotatable bonds is 6. The number of aliphatic hydroxyl groups excluding tert-OH is 1. The molecular formula is C18H25N3O2. The van der Waals surface area contributed by atoms with Gasteiger partial charge in [-0.05, 0) is 31.5 Å². The first-order valence-electron chi connectivity index (χ1n) is 8.13. The Morgan fingerprint density at radius 2 is 2.17 bits per heavy atom. The molecule has 0 aromatic heterocycles. The maximum absolute atomic E-state index is 12.7. The molecule has 1 N–H and O–H groups in total. The van der Waals surface area contributed by atoms with E-state index in [1.807, 2.05) is 30.3 Å². The van der Waals surface area contributed by atoms with Crippen LogP contribution in [0.15, 0.2) is 30.3 Å². The van der Waals surface area contributed by atoms with E-state index in [-0.39, 0.29) is 17.9 Å². The second-order valence-corrected chi connectivity index (χ2v) is 6.57. The van der Waals surface area contributed by atoms with Crippen LogP contribution in [0.25, 0.3) is 0 Å². The molecule has 1 aliphatic heterocycles. The summed E-state index contributed by atoms with van der Waals surface area (Å²) in [5, 5.41) is 18.4. The van der Waals surface area contributed by atoms with Crippen LogP contribution in [0.5, 0.6) is 0 Å². The SMILES string of the molecule is CC1(CO)CCCN(CC(=O)N(CCC#N)c2ccccc2)C1. The van der Waals surface area contributed by atoms with Gasteiger partial charge in [0.2, 0.25) is 5.91 Å². The third kappa shape index (κ3) is 4.78. The van der Waals surface area contributed by atoms with Crippen LogP contribution in [0.4, 0.5) is 5.69 Å². The lowest BCUT2D eigenvalue weighted by Gasteiger charge is -2.39. The Bertz CT molecular complexity index is 555. The van der Waals surface area contributed by atoms with Crippen LogP contribution in [-0.4, -0.2) is 48.7 Å². The fourth-order valence-corrected chi connectivity index (χ4v) is 3.14. The molecule has 1 atom stereocenters. The maximum atomic E-state index is 12.7. The van der Waals surface area contributed by atoms with E-state index in [2.05, 4.69) is 17.9 Å². The highest BCUT2D eigenvalue weighted by atomic mass is 16.3. The molecule has 0 spiro atoms. The van der Waals surface area contributed by atoms with Crippen LogP contribution in [0, 0.1) is 16.7 Å². The first-order chi connectivity index (χ1) is 11.1. The van der Waals surface area contributed by atoms with Crippen LogP contribution in [0.3, 0.4) is 0 Å². The average molecular weight is 315 g/mol. The quantitative estimate of drug-likeness (QED) is 0.872. The smallest absolute Gasteiger partial charge is 0.241 e. The first-order valence-corrected chi connectivity index (χ1v) is 8.13. The highest BCUT2D eigenvalue weighted by Crippen LogP contribution is 2.28. The summed E-state index contributed by atoms with van der Waals surface area (Å²) in [6.45, 7) is 4.56. The Hall–Kier alpha value is -1.90. The lowest BCUT2D eigenvalue weighted by atomic mass is 9.83. The Balaban J connectivity index is 2.04. The van der Waals surface area contributed by atoms with Gasteiger partial charge in [0.05, 0.1) is 19.0 Å². The first kappa shape index (κ1) is 17.5. The number of anilines is 1. The standard InChI is InChI=1S/C18H25N3O2/c1-18(15-22)9-5-11-20(14-18)13-17(23)21(12-6-10-19)16-7-3-2-4-8-16/h2-4,7-8,22H,5-6,9,11-15H2,1H3. The summed E-state index contributed by atoms with van der Waals surface area (Å²) in [4.78, 5) is 16.5. The molecule has 124 valence electrons. The highest BCUT2D eigenvalue weighted by molar-refractivity contribution is 5.94. The molecule has 1 fully saturated rings. The van der Waals surface area contributed by atoms with Gasteiger partial charge < -0.3 is 10.0 Å². The molecule has 0 radical (unpaired) electrons. The average Bonchev–Trinajstić information content (AvgIpc) is 2.56. The minimum Gasteiger partial charge on any atom is -0.396 e. The van der Waals surface area contributed by atoms with E-state index in [0.717, 1.165) is 31.6 Å². The largest absolute Gasteiger partial charge is 0.396 e. The van der Waals surface area contributed by atoms with Crippen molar-refractivity contribution in [3.63, 3.8) is 0 Å². The predicted octanol–water partition coefficient (Wildman–Crippen LogP) is 2.03. The number of benzene rings is 1. The van der Waals surface area contributed by atoms with Crippen molar-refractivity contribution < 1.29 is 9.90 Å². The molecule has 2 rings (SSSR count). The molecule has 5 heteroatoms. The summed E-state index contributed by atoms with van der Waals surface area (Å²) in [5.41, 5.74) is 0.706. The Labute approximate surface area is 138 Å². The molecule has 1 unspecified atom stereocenters. The summed E-state index contributed by atoms with van der Waals surface area (Å²) in [6.07, 6.45) is 2.30. The van der Waals surface area contributed by atoms with E-state index in [0.29, 0.717) is 19.5 Å². The molecule has 0 saturated carbocycles. The van der Waals surface area contributed by atoms with Gasteiger partial charge in [0, 0.05) is 30.8 Å². The van der Waals surface area contributed by atoms with Gasteiger partial charge in [-0.15, -0.1) is 0 Å². The van der Waals surface area contributed by atoms with Crippen molar-refractivity contribution in [1.82, 2.24) is 4.90 Å². The minimum absolute atomic E-state index is 0.00800. The number of piperidine rings is 1. The Morgan fingerprint density at radius 1 is 1.43 bits per heavy atom. The molecule has 0 aliphatic carbocycles. The van der Waals surface area contributed by atoms with Gasteiger partial charge in [-0.1, -0.05) is 25.1 Å². The summed E-state index contributed by atoms with van der Waals surface area (Å²) < 4.78 is 0. The number of aliphatic hydroxyl groups is 1. The Kier molecular flexibility index (Phi) is 6.14. The monoisotopic (exact) mass is 315 g/mol. The zero-order valence-electron chi connectivity index (χ0n) is 13.7. The molecule has 1 saturated heterocycles. The second kappa shape index (κ2) is 8.09. The molecular weight excluding hydrogens is 290 g/mol. The Morgan fingerprint density at radius 3 is 2.83 bits per heavy atom. The maximum Gasteiger partial charge on any atom is 0.241 e. The number of nitriles is 1. The third-order valence-electron chi connectivity index (χ3n) is 4.42. The van der Waals surface area contributed by atoms with Crippen molar-refractivity contribution in [1.29, 1.82) is 5.26 Å². The molecule has 1 aliphatic rings. The van der Waals surface area contributed by atoms with Crippen LogP contribution >= 0.6 is 0 Å². The third-order valence-corrected chi connectivity index (χ3v) is 4.42. The summed E-state index contributed by atoms with van der Waals surface area (Å²) in [6, 6.07) is 11.6. The number of likely N-dealkylation sites (tertiary alicyclic amines) is 1. The predicted molar refractivity (Wildman–Crippen MR) is 89.9 cm³/mol. The second-order valence-electron chi connectivity index (χ2n) is 6.57. The number of carbonyl (C=O) groups excluding carboxylic acids is 1. The molecule has 23 heavy (non-hydrogen) atoms. The van der Waals surface area contributed by atoms with Crippen LogP contribution < -0.4 is 4.90 Å². The van der Waals surface area contributed by atoms with Crippen molar-refractivity contribution in [3.8, 4) is 6.07 Å². The van der Waals surface area contributed by atoms with Gasteiger partial charge in [-0.3, -0.25) is 9.69 Å². The van der Waals surface area contributed by atoms with Crippen LogP contribution in [0.1, 0.15) is 26.2 Å². The normalized spacial score (nSPS) is 21.6. The summed E-state index contributed by atoms with van der Waals surface area (Å²) >= 11 is 0. The molecule has 5 nitrogen and oxygen atoms in total. The molecule has 1 amide bonds. The van der Waals surface area contributed by atoms with Crippen molar-refractivity contribution >= 4 is 11.6 Å². The van der Waals surface area contributed by atoms with Crippen LogP contribution in [-0.2, 0) is 4.79 Å². The number of hydrogen-bond donors (Lipinski definition) is 1. The fraction of sp³-hybridized carbons (Fsp3) is 0.556. The van der Waals surface area contributed by atoms with Crippen molar-refractivity contribution in [2.75, 3.05) is 37.7 Å². The van der Waals surface area contributed by atoms with E-state index < -0.39 is 0 Å². The number of para-hydroxylation sites is 1. The number of amides is 1. The fourth-order valence-electron chi connectivity index (χ4n) is 3.14. The van der Waals surface area contributed by atoms with E-state index in [1.165, 1.54) is 0 Å². The van der Waals surface area contributed by atoms with Gasteiger partial charge in [0.15, 0.2) is 0 Å². The number of carbonyl (C=O) groups is 1. The van der Waals surface area contributed by atoms with Crippen LogP contribution in [0.2, 0.25) is 0 Å². The van der Waals surface area contributed by atoms with Gasteiger partial charge in [0.1, 0.15) is 0 Å². The van der Waals surface area contributed by atoms with Crippen molar-refractivity contribution in [2.24, 2.45) is 5.41 Å². The van der Waals surface area contributed by atoms with E-state index in [1.54, 1.807) is 4.90 Å². The van der Waals surface area contributed by atoms with Gasteiger partial charge in [-0.25, -0.2) is 0 Å². The zero-order chi connectivity index (χ0) is 16.7. The van der Waals surface area contributed by atoms with Gasteiger partial charge >= 0.3 is 0 Å². The van der Waals surface area contributed by atoms with Crippen molar-refractivity contribution in [3.05, 3.63) is 30.3 Å². The summed E-state index contributed by atoms with van der Waals surface area (Å²) in [7, 11) is 0. The molecule has 1 heterocycles. The molecule has 0 bridgehead atoms. The lowest BCUT2D eigenvalue weighted by molar-refractivity contribution is -0.120. The topological polar surface area (TPSA) is 67.6 Å². The zero-order valence-corrected chi connectivity index (χ0v) is 13.7.